The molecule has 1 aromatic rings. The van der Waals surface area contributed by atoms with Crippen LogP contribution in [0.25, 0.3) is 0 Å². The average molecular weight is 272 g/mol. The summed E-state index contributed by atoms with van der Waals surface area (Å²) in [6.45, 7) is 4.49. The Morgan fingerprint density at radius 2 is 1.63 bits per heavy atom. The van der Waals surface area contributed by atoms with E-state index in [1.54, 1.807) is 0 Å². The van der Waals surface area contributed by atoms with E-state index in [0.29, 0.717) is 25.2 Å². The lowest BCUT2D eigenvalue weighted by Gasteiger charge is -2.36. The average Bonchev–Trinajstić information content (AvgIpc) is 2.25. The Balaban J connectivity index is 2.29. The fraction of sp³-hybridized carbons (Fsp3) is 0.462. The van der Waals surface area contributed by atoms with E-state index in [1.807, 2.05) is 13.8 Å². The summed E-state index contributed by atoms with van der Waals surface area (Å²) in [6.07, 6.45) is 0. The maximum Gasteiger partial charge on any atom is 0.259 e. The van der Waals surface area contributed by atoms with Crippen molar-refractivity contribution in [2.75, 3.05) is 13.1 Å². The van der Waals surface area contributed by atoms with E-state index in [0.717, 1.165) is 0 Å². The van der Waals surface area contributed by atoms with Crippen LogP contribution in [0.15, 0.2) is 12.1 Å². The van der Waals surface area contributed by atoms with Crippen molar-refractivity contribution in [3.8, 4) is 0 Å². The highest BCUT2D eigenvalue weighted by atomic mass is 19.1. The number of piperazine rings is 1. The maximum atomic E-state index is 13.6. The summed E-state index contributed by atoms with van der Waals surface area (Å²) >= 11 is 0. The minimum absolute atomic E-state index is 0.0410. The molecule has 1 heterocycles. The van der Waals surface area contributed by atoms with Crippen LogP contribution >= 0.6 is 0 Å². The topological polar surface area (TPSA) is 32.3 Å². The van der Waals surface area contributed by atoms with Gasteiger partial charge in [-0.05, 0) is 13.8 Å². The van der Waals surface area contributed by atoms with E-state index in [9.17, 15) is 18.0 Å². The van der Waals surface area contributed by atoms with Gasteiger partial charge in [0.1, 0.15) is 23.0 Å². The summed E-state index contributed by atoms with van der Waals surface area (Å²) in [6, 6.07) is 1.12. The monoisotopic (exact) mass is 272 g/mol. The van der Waals surface area contributed by atoms with Gasteiger partial charge < -0.3 is 10.2 Å². The third-order valence-electron chi connectivity index (χ3n) is 3.07. The zero-order chi connectivity index (χ0) is 14.2. The van der Waals surface area contributed by atoms with Crippen LogP contribution in [0.2, 0.25) is 0 Å². The molecule has 3 nitrogen and oxygen atoms in total. The zero-order valence-corrected chi connectivity index (χ0v) is 10.7. The fourth-order valence-corrected chi connectivity index (χ4v) is 2.40. The standard InChI is InChI=1S/C13H15F3N2O/c1-7-5-18(6-8(2)17-7)13(19)12-10(15)3-9(14)4-11(12)16/h3-4,7-8,17H,5-6H2,1-2H3. The number of hydrogen-bond donors (Lipinski definition) is 1. The third kappa shape index (κ3) is 2.89. The van der Waals surface area contributed by atoms with Crippen molar-refractivity contribution >= 4 is 5.91 Å². The molecule has 1 aliphatic heterocycles. The molecule has 0 aromatic heterocycles. The van der Waals surface area contributed by atoms with Gasteiger partial charge in [-0.25, -0.2) is 13.2 Å². The molecule has 2 unspecified atom stereocenters. The lowest BCUT2D eigenvalue weighted by Crippen LogP contribution is -2.56. The van der Waals surface area contributed by atoms with Crippen LogP contribution in [-0.4, -0.2) is 36.0 Å². The van der Waals surface area contributed by atoms with Crippen LogP contribution in [-0.2, 0) is 0 Å². The highest BCUT2D eigenvalue weighted by molar-refractivity contribution is 5.95. The van der Waals surface area contributed by atoms with Crippen LogP contribution < -0.4 is 5.32 Å². The first-order valence-corrected chi connectivity index (χ1v) is 6.08. The van der Waals surface area contributed by atoms with Crippen molar-refractivity contribution in [2.24, 2.45) is 0 Å². The number of hydrogen-bond acceptors (Lipinski definition) is 2. The number of nitrogens with one attached hydrogen (secondary N) is 1. The van der Waals surface area contributed by atoms with Crippen LogP contribution in [0.4, 0.5) is 13.2 Å². The molecule has 19 heavy (non-hydrogen) atoms. The molecule has 2 rings (SSSR count). The van der Waals surface area contributed by atoms with Crippen molar-refractivity contribution in [3.63, 3.8) is 0 Å². The Bertz CT molecular complexity index is 474. The second-order valence-electron chi connectivity index (χ2n) is 4.92. The third-order valence-corrected chi connectivity index (χ3v) is 3.07. The highest BCUT2D eigenvalue weighted by Gasteiger charge is 2.29. The molecule has 0 bridgehead atoms. The normalized spacial score (nSPS) is 23.5. The van der Waals surface area contributed by atoms with Gasteiger partial charge in [0.15, 0.2) is 0 Å². The SMILES string of the molecule is CC1CN(C(=O)c2c(F)cc(F)cc2F)CC(C)N1. The molecule has 1 aliphatic rings. The van der Waals surface area contributed by atoms with E-state index in [1.165, 1.54) is 4.90 Å². The number of carbonyl (C=O) groups is 1. The summed E-state index contributed by atoms with van der Waals surface area (Å²) in [5.41, 5.74) is -0.692. The Morgan fingerprint density at radius 3 is 2.11 bits per heavy atom. The molecule has 0 radical (unpaired) electrons. The Morgan fingerprint density at radius 1 is 1.16 bits per heavy atom. The van der Waals surface area contributed by atoms with Gasteiger partial charge in [-0.15, -0.1) is 0 Å². The maximum absolute atomic E-state index is 13.6. The van der Waals surface area contributed by atoms with Gasteiger partial charge in [-0.2, -0.15) is 0 Å². The largest absolute Gasteiger partial charge is 0.335 e. The molecule has 6 heteroatoms. The second kappa shape index (κ2) is 5.21. The van der Waals surface area contributed by atoms with Gasteiger partial charge in [0, 0.05) is 37.3 Å². The summed E-state index contributed by atoms with van der Waals surface area (Å²) < 4.78 is 40.0. The molecule has 1 saturated heterocycles. The number of nitrogens with zero attached hydrogens (tertiary/aromatic N) is 1. The van der Waals surface area contributed by atoms with Gasteiger partial charge in [-0.1, -0.05) is 0 Å². The van der Waals surface area contributed by atoms with Crippen LogP contribution in [0.3, 0.4) is 0 Å². The predicted octanol–water partition coefficient (Wildman–Crippen LogP) is 1.93. The molecule has 0 saturated carbocycles. The van der Waals surface area contributed by atoms with Crippen molar-refractivity contribution in [1.29, 1.82) is 0 Å². The van der Waals surface area contributed by atoms with Gasteiger partial charge in [0.25, 0.3) is 5.91 Å². The molecule has 1 amide bonds. The molecule has 1 fully saturated rings. The zero-order valence-electron chi connectivity index (χ0n) is 10.7. The van der Waals surface area contributed by atoms with E-state index in [4.69, 9.17) is 0 Å². The lowest BCUT2D eigenvalue weighted by atomic mass is 10.1. The summed E-state index contributed by atoms with van der Waals surface area (Å²) in [5, 5.41) is 3.21. The van der Waals surface area contributed by atoms with Crippen LogP contribution in [0.5, 0.6) is 0 Å². The van der Waals surface area contributed by atoms with Gasteiger partial charge >= 0.3 is 0 Å². The van der Waals surface area contributed by atoms with Gasteiger partial charge in [-0.3, -0.25) is 4.79 Å². The highest BCUT2D eigenvalue weighted by Crippen LogP contribution is 2.18. The summed E-state index contributed by atoms with van der Waals surface area (Å²) in [5.74, 6) is -4.11. The molecular formula is C13H15F3N2O. The predicted molar refractivity (Wildman–Crippen MR) is 64.3 cm³/mol. The van der Waals surface area contributed by atoms with Crippen molar-refractivity contribution in [2.45, 2.75) is 25.9 Å². The van der Waals surface area contributed by atoms with Crippen LogP contribution in [0, 0.1) is 17.5 Å². The fourth-order valence-electron chi connectivity index (χ4n) is 2.40. The Kier molecular flexibility index (Phi) is 3.80. The number of carbonyl (C=O) groups excluding carboxylic acids is 1. The molecule has 1 aromatic carbocycles. The first-order valence-electron chi connectivity index (χ1n) is 6.08. The molecule has 1 N–H and O–H groups in total. The van der Waals surface area contributed by atoms with Crippen molar-refractivity contribution < 1.29 is 18.0 Å². The first kappa shape index (κ1) is 13.9. The summed E-state index contributed by atoms with van der Waals surface area (Å²) in [7, 11) is 0. The lowest BCUT2D eigenvalue weighted by molar-refractivity contribution is 0.0663. The number of halogens is 3. The van der Waals surface area contributed by atoms with Crippen molar-refractivity contribution in [1.82, 2.24) is 10.2 Å². The summed E-state index contributed by atoms with van der Waals surface area (Å²) in [4.78, 5) is 13.5. The van der Waals surface area contributed by atoms with E-state index in [-0.39, 0.29) is 12.1 Å². The quantitative estimate of drug-likeness (QED) is 0.847. The number of amides is 1. The smallest absolute Gasteiger partial charge is 0.259 e. The molecular weight excluding hydrogens is 257 g/mol. The second-order valence-corrected chi connectivity index (χ2v) is 4.92. The Labute approximate surface area is 109 Å². The Hall–Kier alpha value is -1.56. The van der Waals surface area contributed by atoms with Gasteiger partial charge in [0.2, 0.25) is 0 Å². The molecule has 104 valence electrons. The van der Waals surface area contributed by atoms with E-state index in [2.05, 4.69) is 5.32 Å². The van der Waals surface area contributed by atoms with Gasteiger partial charge in [0.05, 0.1) is 0 Å². The van der Waals surface area contributed by atoms with Crippen LogP contribution in [0.1, 0.15) is 24.2 Å². The number of benzene rings is 1. The number of rotatable bonds is 1. The molecule has 0 aliphatic carbocycles. The minimum Gasteiger partial charge on any atom is -0.335 e. The first-order chi connectivity index (χ1) is 8.88. The van der Waals surface area contributed by atoms with E-state index < -0.39 is 28.9 Å². The van der Waals surface area contributed by atoms with Crippen molar-refractivity contribution in [3.05, 3.63) is 35.1 Å². The van der Waals surface area contributed by atoms with E-state index >= 15 is 0 Å². The minimum atomic E-state index is -1.17. The molecule has 2 atom stereocenters. The molecule has 0 spiro atoms.